The molecule has 2 fully saturated rings. The second kappa shape index (κ2) is 2.75. The minimum absolute atomic E-state index is 0.199. The van der Waals surface area contributed by atoms with Crippen molar-refractivity contribution >= 4 is 0 Å². The van der Waals surface area contributed by atoms with Gasteiger partial charge in [0.05, 0.1) is 6.20 Å². The topological polar surface area (TPSA) is 12.9 Å². The van der Waals surface area contributed by atoms with E-state index < -0.39 is 6.17 Å². The van der Waals surface area contributed by atoms with Crippen molar-refractivity contribution in [3.8, 4) is 0 Å². The molecule has 1 heterocycles. The van der Waals surface area contributed by atoms with Crippen molar-refractivity contribution in [1.29, 1.82) is 0 Å². The van der Waals surface area contributed by atoms with Gasteiger partial charge in [0.2, 0.25) is 0 Å². The molecular weight excluding hydrogens is 184 g/mol. The minimum atomic E-state index is -0.834. The number of alkyl halides is 1. The number of halogens is 2. The van der Waals surface area contributed by atoms with Gasteiger partial charge in [-0.25, -0.2) is 8.78 Å². The standard InChI is InChI=1S/C11H11F2N/c12-9-3-7(9)8-4-11(6-1-2-6)14-5-10(8)13/h4-7,9H,1-3H2. The number of rotatable bonds is 2. The molecular formula is C11H11F2N. The van der Waals surface area contributed by atoms with Crippen molar-refractivity contribution in [1.82, 2.24) is 4.98 Å². The normalized spacial score (nSPS) is 30.4. The third-order valence-corrected chi connectivity index (χ3v) is 3.01. The minimum Gasteiger partial charge on any atom is -0.258 e. The molecule has 2 unspecified atom stereocenters. The van der Waals surface area contributed by atoms with Crippen LogP contribution < -0.4 is 0 Å². The van der Waals surface area contributed by atoms with E-state index in [1.165, 1.54) is 6.20 Å². The summed E-state index contributed by atoms with van der Waals surface area (Å²) in [6.45, 7) is 0. The van der Waals surface area contributed by atoms with Crippen LogP contribution in [0.15, 0.2) is 12.3 Å². The first-order valence-electron chi connectivity index (χ1n) is 5.05. The first kappa shape index (κ1) is 8.33. The van der Waals surface area contributed by atoms with Crippen LogP contribution in [0.2, 0.25) is 0 Å². The van der Waals surface area contributed by atoms with Gasteiger partial charge in [0.1, 0.15) is 12.0 Å². The molecule has 0 radical (unpaired) electrons. The monoisotopic (exact) mass is 195 g/mol. The van der Waals surface area contributed by atoms with E-state index in [1.807, 2.05) is 0 Å². The lowest BCUT2D eigenvalue weighted by atomic mass is 10.1. The van der Waals surface area contributed by atoms with Crippen LogP contribution in [0.4, 0.5) is 8.78 Å². The highest BCUT2D eigenvalue weighted by Gasteiger charge is 2.41. The highest BCUT2D eigenvalue weighted by Crippen LogP contribution is 2.46. The second-order valence-corrected chi connectivity index (χ2v) is 4.26. The molecule has 74 valence electrons. The Balaban J connectivity index is 1.95. The predicted octanol–water partition coefficient (Wildman–Crippen LogP) is 2.92. The molecule has 3 heteroatoms. The van der Waals surface area contributed by atoms with Crippen molar-refractivity contribution in [2.24, 2.45) is 0 Å². The number of pyridine rings is 1. The quantitative estimate of drug-likeness (QED) is 0.707. The van der Waals surface area contributed by atoms with Gasteiger partial charge in [-0.15, -0.1) is 0 Å². The highest BCUT2D eigenvalue weighted by molar-refractivity contribution is 5.31. The SMILES string of the molecule is Fc1cnc(C2CC2)cc1C1CC1F. The summed E-state index contributed by atoms with van der Waals surface area (Å²) in [6.07, 6.45) is 3.17. The van der Waals surface area contributed by atoms with Crippen LogP contribution in [0, 0.1) is 5.82 Å². The molecule has 2 saturated carbocycles. The summed E-state index contributed by atoms with van der Waals surface area (Å²) in [4.78, 5) is 4.04. The lowest BCUT2D eigenvalue weighted by Crippen LogP contribution is -1.95. The average Bonchev–Trinajstić information content (AvgIpc) is 3.01. The van der Waals surface area contributed by atoms with Crippen molar-refractivity contribution < 1.29 is 8.78 Å². The van der Waals surface area contributed by atoms with E-state index in [0.717, 1.165) is 18.5 Å². The van der Waals surface area contributed by atoms with Crippen molar-refractivity contribution in [3.63, 3.8) is 0 Å². The maximum absolute atomic E-state index is 13.3. The van der Waals surface area contributed by atoms with Crippen LogP contribution in [0.1, 0.15) is 42.4 Å². The molecule has 2 atom stereocenters. The van der Waals surface area contributed by atoms with Gasteiger partial charge >= 0.3 is 0 Å². The summed E-state index contributed by atoms with van der Waals surface area (Å²) in [5.74, 6) is -0.0405. The van der Waals surface area contributed by atoms with Gasteiger partial charge < -0.3 is 0 Å². The molecule has 0 aromatic carbocycles. The first-order valence-corrected chi connectivity index (χ1v) is 5.05. The van der Waals surface area contributed by atoms with Gasteiger partial charge in [-0.1, -0.05) is 0 Å². The Morgan fingerprint density at radius 3 is 2.64 bits per heavy atom. The van der Waals surface area contributed by atoms with E-state index in [0.29, 0.717) is 17.9 Å². The summed E-state index contributed by atoms with van der Waals surface area (Å²) in [5, 5.41) is 0. The Hall–Kier alpha value is -0.990. The Kier molecular flexibility index (Phi) is 1.64. The molecule has 0 aliphatic heterocycles. The molecule has 2 aliphatic rings. The summed E-state index contributed by atoms with van der Waals surface area (Å²) in [6, 6.07) is 1.76. The summed E-state index contributed by atoms with van der Waals surface area (Å²) < 4.78 is 26.1. The van der Waals surface area contributed by atoms with Crippen LogP contribution >= 0.6 is 0 Å². The number of hydrogen-bond donors (Lipinski definition) is 0. The van der Waals surface area contributed by atoms with Gasteiger partial charge in [0, 0.05) is 17.5 Å². The summed E-state index contributed by atoms with van der Waals surface area (Å²) >= 11 is 0. The van der Waals surface area contributed by atoms with E-state index in [9.17, 15) is 8.78 Å². The largest absolute Gasteiger partial charge is 0.258 e. The van der Waals surface area contributed by atoms with Crippen LogP contribution in [0.5, 0.6) is 0 Å². The number of hydrogen-bond acceptors (Lipinski definition) is 1. The fourth-order valence-corrected chi connectivity index (χ4v) is 1.84. The van der Waals surface area contributed by atoms with Gasteiger partial charge in [-0.05, 0) is 30.9 Å². The molecule has 0 spiro atoms. The fraction of sp³-hybridized carbons (Fsp3) is 0.545. The molecule has 0 N–H and O–H groups in total. The van der Waals surface area contributed by atoms with E-state index in [1.54, 1.807) is 6.07 Å². The molecule has 0 amide bonds. The Morgan fingerprint density at radius 2 is 2.07 bits per heavy atom. The zero-order valence-corrected chi connectivity index (χ0v) is 7.71. The number of aromatic nitrogens is 1. The zero-order chi connectivity index (χ0) is 9.71. The van der Waals surface area contributed by atoms with E-state index >= 15 is 0 Å². The van der Waals surface area contributed by atoms with Crippen LogP contribution in [-0.4, -0.2) is 11.2 Å². The van der Waals surface area contributed by atoms with Crippen molar-refractivity contribution in [2.75, 3.05) is 0 Å². The number of nitrogens with zero attached hydrogens (tertiary/aromatic N) is 1. The van der Waals surface area contributed by atoms with Crippen LogP contribution in [-0.2, 0) is 0 Å². The lowest BCUT2D eigenvalue weighted by Gasteiger charge is -2.03. The Bertz CT molecular complexity index is 374. The predicted molar refractivity (Wildman–Crippen MR) is 48.4 cm³/mol. The van der Waals surface area contributed by atoms with E-state index in [-0.39, 0.29) is 11.7 Å². The molecule has 0 bridgehead atoms. The molecule has 1 nitrogen and oxygen atoms in total. The van der Waals surface area contributed by atoms with Crippen molar-refractivity contribution in [3.05, 3.63) is 29.3 Å². The summed E-state index contributed by atoms with van der Waals surface area (Å²) in [7, 11) is 0. The van der Waals surface area contributed by atoms with Crippen molar-refractivity contribution in [2.45, 2.75) is 37.3 Å². The smallest absolute Gasteiger partial charge is 0.145 e. The van der Waals surface area contributed by atoms with Gasteiger partial charge in [-0.3, -0.25) is 4.98 Å². The lowest BCUT2D eigenvalue weighted by molar-refractivity contribution is 0.464. The maximum atomic E-state index is 13.3. The van der Waals surface area contributed by atoms with Gasteiger partial charge in [0.15, 0.2) is 0 Å². The second-order valence-electron chi connectivity index (χ2n) is 4.26. The van der Waals surface area contributed by atoms with Crippen LogP contribution in [0.3, 0.4) is 0 Å². The third kappa shape index (κ3) is 1.31. The zero-order valence-electron chi connectivity index (χ0n) is 7.71. The van der Waals surface area contributed by atoms with Gasteiger partial charge in [0.25, 0.3) is 0 Å². The molecule has 1 aromatic rings. The highest BCUT2D eigenvalue weighted by atomic mass is 19.1. The molecule has 14 heavy (non-hydrogen) atoms. The van der Waals surface area contributed by atoms with E-state index in [2.05, 4.69) is 4.98 Å². The maximum Gasteiger partial charge on any atom is 0.145 e. The molecule has 0 saturated heterocycles. The Morgan fingerprint density at radius 1 is 1.36 bits per heavy atom. The summed E-state index contributed by atoms with van der Waals surface area (Å²) in [5.41, 5.74) is 1.48. The Labute approximate surface area is 81.2 Å². The first-order chi connectivity index (χ1) is 6.75. The molecule has 3 rings (SSSR count). The van der Waals surface area contributed by atoms with Gasteiger partial charge in [-0.2, -0.15) is 0 Å². The van der Waals surface area contributed by atoms with E-state index in [4.69, 9.17) is 0 Å². The molecule has 1 aromatic heterocycles. The average molecular weight is 195 g/mol. The molecule has 2 aliphatic carbocycles. The van der Waals surface area contributed by atoms with Crippen LogP contribution in [0.25, 0.3) is 0 Å². The third-order valence-electron chi connectivity index (χ3n) is 3.01. The fourth-order valence-electron chi connectivity index (χ4n) is 1.84.